The zero-order valence-corrected chi connectivity index (χ0v) is 29.7. The van der Waals surface area contributed by atoms with Crippen molar-refractivity contribution >= 4 is 28.3 Å². The first-order valence-corrected chi connectivity index (χ1v) is 18.7. The highest BCUT2D eigenvalue weighted by atomic mass is 16.5. The third-order valence-electron chi connectivity index (χ3n) is 10.5. The molecule has 2 aliphatic heterocycles. The van der Waals surface area contributed by atoms with E-state index in [1.807, 2.05) is 88.7 Å². The Bertz CT molecular complexity index is 2200. The fraction of sp³-hybridized carbons (Fsp3) is 0.333. The first-order chi connectivity index (χ1) is 26.0. The van der Waals surface area contributed by atoms with Crippen molar-refractivity contribution in [3.8, 4) is 0 Å². The summed E-state index contributed by atoms with van der Waals surface area (Å²) in [6.45, 7) is 1.25. The number of carbonyl (C=O) groups excluding carboxylic acids is 2. The second-order valence-electron chi connectivity index (χ2n) is 14.1. The standard InChI is InChI=1S/C42H43N7O4/c43-34-22-16-29(17-23-34)11-5-15-38-45-40(53-47-38)36-13-7-25-49(36)42(51)33-21-19-30-26-32(20-18-31(30)27-33)41(50)48-24-6-12-35(48)39-44-37(46-52-39)14-4-10-28-8-2-1-3-9-28/h1-3,8-9,16-23,26-27,35-36H,4-7,10-15,24-25,43H2/t35-,36-/m0/s1. The van der Waals surface area contributed by atoms with Crippen molar-refractivity contribution < 1.29 is 18.6 Å². The number of fused-ring (bicyclic) bond motifs is 1. The Morgan fingerprint density at radius 1 is 0.623 bits per heavy atom. The first kappa shape index (κ1) is 34.3. The lowest BCUT2D eigenvalue weighted by molar-refractivity contribution is 0.0703. The van der Waals surface area contributed by atoms with Gasteiger partial charge in [-0.1, -0.05) is 64.9 Å². The van der Waals surface area contributed by atoms with Crippen LogP contribution in [-0.2, 0) is 25.7 Å². The van der Waals surface area contributed by atoms with E-state index in [-0.39, 0.29) is 23.9 Å². The Kier molecular flexibility index (Phi) is 9.96. The molecule has 2 atom stereocenters. The van der Waals surface area contributed by atoms with Crippen LogP contribution in [0, 0.1) is 0 Å². The summed E-state index contributed by atoms with van der Waals surface area (Å²) in [5, 5.41) is 10.2. The summed E-state index contributed by atoms with van der Waals surface area (Å²) in [6.07, 6.45) is 8.34. The molecule has 53 heavy (non-hydrogen) atoms. The minimum atomic E-state index is -0.255. The Morgan fingerprint density at radius 3 is 1.62 bits per heavy atom. The second-order valence-corrected chi connectivity index (χ2v) is 14.1. The fourth-order valence-corrected chi connectivity index (χ4v) is 7.62. The zero-order chi connectivity index (χ0) is 36.1. The molecule has 2 amide bonds. The van der Waals surface area contributed by atoms with Gasteiger partial charge in [-0.25, -0.2) is 0 Å². The number of anilines is 1. The van der Waals surface area contributed by atoms with Gasteiger partial charge in [0, 0.05) is 42.7 Å². The molecule has 8 rings (SSSR count). The number of hydrogen-bond acceptors (Lipinski definition) is 9. The molecule has 0 radical (unpaired) electrons. The molecule has 270 valence electrons. The molecular weight excluding hydrogens is 667 g/mol. The van der Waals surface area contributed by atoms with Crippen LogP contribution in [0.1, 0.15) is 106 Å². The van der Waals surface area contributed by atoms with E-state index in [0.717, 1.165) is 74.2 Å². The highest BCUT2D eigenvalue weighted by Crippen LogP contribution is 2.35. The summed E-state index contributed by atoms with van der Waals surface area (Å²) in [7, 11) is 0. The van der Waals surface area contributed by atoms with E-state index in [2.05, 4.69) is 32.4 Å². The summed E-state index contributed by atoms with van der Waals surface area (Å²) in [4.78, 5) is 40.7. The molecule has 4 aromatic carbocycles. The lowest BCUT2D eigenvalue weighted by Crippen LogP contribution is -2.31. The molecule has 0 aliphatic carbocycles. The van der Waals surface area contributed by atoms with Gasteiger partial charge in [-0.2, -0.15) is 9.97 Å². The molecule has 0 unspecified atom stereocenters. The third-order valence-corrected chi connectivity index (χ3v) is 10.5. The van der Waals surface area contributed by atoms with E-state index in [9.17, 15) is 9.59 Å². The van der Waals surface area contributed by atoms with Crippen molar-refractivity contribution in [3.63, 3.8) is 0 Å². The van der Waals surface area contributed by atoms with Crippen molar-refractivity contribution in [3.05, 3.63) is 137 Å². The maximum absolute atomic E-state index is 13.8. The largest absolute Gasteiger partial charge is 0.399 e. The van der Waals surface area contributed by atoms with Gasteiger partial charge < -0.3 is 24.6 Å². The van der Waals surface area contributed by atoms with Crippen LogP contribution in [0.4, 0.5) is 5.69 Å². The molecule has 2 aromatic heterocycles. The Hall–Kier alpha value is -5.84. The van der Waals surface area contributed by atoms with Crippen molar-refractivity contribution in [2.75, 3.05) is 18.8 Å². The summed E-state index contributed by atoms with van der Waals surface area (Å²) in [5.41, 5.74) is 10.2. The summed E-state index contributed by atoms with van der Waals surface area (Å²) < 4.78 is 11.4. The molecule has 2 saturated heterocycles. The summed E-state index contributed by atoms with van der Waals surface area (Å²) in [5.74, 6) is 2.18. The average molecular weight is 710 g/mol. The van der Waals surface area contributed by atoms with Crippen LogP contribution in [0.25, 0.3) is 10.8 Å². The van der Waals surface area contributed by atoms with Crippen LogP contribution in [0.3, 0.4) is 0 Å². The number of benzene rings is 4. The van der Waals surface area contributed by atoms with E-state index < -0.39 is 0 Å². The molecule has 2 N–H and O–H groups in total. The predicted octanol–water partition coefficient (Wildman–Crippen LogP) is 7.49. The normalized spacial score (nSPS) is 17.2. The van der Waals surface area contributed by atoms with E-state index in [0.29, 0.717) is 54.1 Å². The number of nitrogens with zero attached hydrogens (tertiary/aromatic N) is 6. The van der Waals surface area contributed by atoms with Gasteiger partial charge in [0.25, 0.3) is 11.8 Å². The van der Waals surface area contributed by atoms with Gasteiger partial charge in [0.15, 0.2) is 11.6 Å². The number of aryl methyl sites for hydroxylation is 4. The average Bonchev–Trinajstić information content (AvgIpc) is 4.03. The summed E-state index contributed by atoms with van der Waals surface area (Å²) in [6, 6.07) is 29.1. The van der Waals surface area contributed by atoms with Gasteiger partial charge in [0.1, 0.15) is 12.1 Å². The van der Waals surface area contributed by atoms with Crippen molar-refractivity contribution in [1.29, 1.82) is 0 Å². The van der Waals surface area contributed by atoms with Crippen LogP contribution in [0.15, 0.2) is 100 Å². The number of nitrogens with two attached hydrogens (primary N) is 1. The Balaban J connectivity index is 0.892. The summed E-state index contributed by atoms with van der Waals surface area (Å²) >= 11 is 0. The van der Waals surface area contributed by atoms with E-state index in [4.69, 9.17) is 14.8 Å². The van der Waals surface area contributed by atoms with E-state index in [1.54, 1.807) is 0 Å². The molecule has 0 saturated carbocycles. The van der Waals surface area contributed by atoms with Gasteiger partial charge in [-0.15, -0.1) is 0 Å². The van der Waals surface area contributed by atoms with Crippen LogP contribution in [0.2, 0.25) is 0 Å². The van der Waals surface area contributed by atoms with Gasteiger partial charge in [-0.05, 0) is 110 Å². The van der Waals surface area contributed by atoms with Crippen LogP contribution in [-0.4, -0.2) is 55.0 Å². The maximum atomic E-state index is 13.8. The number of hydrogen-bond donors (Lipinski definition) is 1. The third kappa shape index (κ3) is 7.69. The van der Waals surface area contributed by atoms with E-state index in [1.165, 1.54) is 11.1 Å². The number of aromatic nitrogens is 4. The van der Waals surface area contributed by atoms with Gasteiger partial charge in [0.05, 0.1) is 0 Å². The SMILES string of the molecule is Nc1ccc(CCCc2noc([C@@H]3CCCN3C(=O)c3ccc4cc(C(=O)N5CCC[C@H]5c5nc(CCCc6ccccc6)no5)ccc4c3)n2)cc1. The van der Waals surface area contributed by atoms with Gasteiger partial charge in [0.2, 0.25) is 11.8 Å². The lowest BCUT2D eigenvalue weighted by atomic mass is 10.0. The van der Waals surface area contributed by atoms with Crippen molar-refractivity contribution in [1.82, 2.24) is 30.1 Å². The molecule has 6 aromatic rings. The molecule has 11 heteroatoms. The Morgan fingerprint density at radius 2 is 1.11 bits per heavy atom. The molecule has 0 spiro atoms. The van der Waals surface area contributed by atoms with Gasteiger partial charge >= 0.3 is 0 Å². The fourth-order valence-electron chi connectivity index (χ4n) is 7.62. The van der Waals surface area contributed by atoms with Crippen LogP contribution in [0.5, 0.6) is 0 Å². The molecule has 2 aliphatic rings. The predicted molar refractivity (Wildman–Crippen MR) is 200 cm³/mol. The quantitative estimate of drug-likeness (QED) is 0.128. The maximum Gasteiger partial charge on any atom is 0.254 e. The monoisotopic (exact) mass is 709 g/mol. The smallest absolute Gasteiger partial charge is 0.254 e. The highest BCUT2D eigenvalue weighted by Gasteiger charge is 2.36. The number of nitrogen functional groups attached to an aromatic ring is 1. The molecule has 4 heterocycles. The molecular formula is C42H43N7O4. The second kappa shape index (κ2) is 15.4. The van der Waals surface area contributed by atoms with Crippen LogP contribution < -0.4 is 5.73 Å². The van der Waals surface area contributed by atoms with Crippen molar-refractivity contribution in [2.45, 2.75) is 76.3 Å². The highest BCUT2D eigenvalue weighted by molar-refractivity contribution is 6.02. The molecule has 2 fully saturated rings. The zero-order valence-electron chi connectivity index (χ0n) is 29.7. The minimum absolute atomic E-state index is 0.0672. The lowest BCUT2D eigenvalue weighted by Gasteiger charge is -2.23. The first-order valence-electron chi connectivity index (χ1n) is 18.7. The van der Waals surface area contributed by atoms with E-state index >= 15 is 0 Å². The molecule has 0 bridgehead atoms. The Labute approximate surface area is 308 Å². The number of likely N-dealkylation sites (tertiary alicyclic amines) is 2. The molecule has 11 nitrogen and oxygen atoms in total. The number of rotatable bonds is 12. The minimum Gasteiger partial charge on any atom is -0.399 e. The van der Waals surface area contributed by atoms with Gasteiger partial charge in [-0.3, -0.25) is 9.59 Å². The van der Waals surface area contributed by atoms with Crippen LogP contribution >= 0.6 is 0 Å². The topological polar surface area (TPSA) is 144 Å². The number of amides is 2. The number of carbonyl (C=O) groups is 2. The van der Waals surface area contributed by atoms with Crippen molar-refractivity contribution in [2.24, 2.45) is 0 Å².